The molecule has 1 aromatic heterocycles. The van der Waals surface area contributed by atoms with Crippen LogP contribution in [0.5, 0.6) is 0 Å². The van der Waals surface area contributed by atoms with Crippen molar-refractivity contribution in [2.75, 3.05) is 0 Å². The molecule has 0 unspecified atom stereocenters. The molecule has 4 heteroatoms. The summed E-state index contributed by atoms with van der Waals surface area (Å²) in [5.74, 6) is 0.517. The van der Waals surface area contributed by atoms with Crippen molar-refractivity contribution in [3.05, 3.63) is 11.9 Å². The van der Waals surface area contributed by atoms with Crippen LogP contribution in [0.15, 0.2) is 6.20 Å². The molecule has 3 nitrogen and oxygen atoms in total. The summed E-state index contributed by atoms with van der Waals surface area (Å²) in [6, 6.07) is 0.575. The molecular formula is C7H10ClN3. The van der Waals surface area contributed by atoms with Crippen LogP contribution in [0, 0.1) is 0 Å². The van der Waals surface area contributed by atoms with Crippen molar-refractivity contribution in [3.8, 4) is 0 Å². The van der Waals surface area contributed by atoms with Crippen molar-refractivity contribution in [2.24, 2.45) is 0 Å². The summed E-state index contributed by atoms with van der Waals surface area (Å²) in [6.45, 7) is 0. The summed E-state index contributed by atoms with van der Waals surface area (Å²) in [5.41, 5.74) is 1.04. The molecule has 0 bridgehead atoms. The molecular weight excluding hydrogens is 162 g/mol. The highest BCUT2D eigenvalue weighted by atomic mass is 35.5. The van der Waals surface area contributed by atoms with Crippen LogP contribution in [-0.4, -0.2) is 15.0 Å². The second-order valence-corrected chi connectivity index (χ2v) is 3.16. The smallest absolute Gasteiger partial charge is 0.0738 e. The van der Waals surface area contributed by atoms with Gasteiger partial charge in [0.05, 0.1) is 23.8 Å². The first-order chi connectivity index (χ1) is 5.42. The molecule has 1 aliphatic carbocycles. The van der Waals surface area contributed by atoms with Crippen LogP contribution >= 0.6 is 11.6 Å². The van der Waals surface area contributed by atoms with E-state index in [0.717, 1.165) is 5.69 Å². The van der Waals surface area contributed by atoms with E-state index < -0.39 is 0 Å². The normalized spacial score (nSPS) is 18.3. The zero-order valence-electron chi connectivity index (χ0n) is 6.20. The molecule has 2 rings (SSSR count). The molecule has 0 radical (unpaired) electrons. The average Bonchev–Trinajstić information content (AvgIpc) is 2.32. The molecule has 1 heterocycles. The lowest BCUT2D eigenvalue weighted by atomic mass is 9.93. The number of halogens is 1. The van der Waals surface area contributed by atoms with Gasteiger partial charge in [-0.05, 0) is 19.3 Å². The van der Waals surface area contributed by atoms with E-state index in [0.29, 0.717) is 11.9 Å². The van der Waals surface area contributed by atoms with Crippen molar-refractivity contribution in [3.63, 3.8) is 0 Å². The molecule has 1 aliphatic rings. The number of hydrogen-bond donors (Lipinski definition) is 0. The standard InChI is InChI=1S/C7H10ClN3/c8-4-7-5-9-10-11(7)6-2-1-3-6/h5-6H,1-4H2. The molecule has 0 saturated heterocycles. The van der Waals surface area contributed by atoms with E-state index in [4.69, 9.17) is 11.6 Å². The number of rotatable bonds is 2. The number of nitrogens with zero attached hydrogens (tertiary/aromatic N) is 3. The van der Waals surface area contributed by atoms with Gasteiger partial charge in [-0.2, -0.15) is 0 Å². The molecule has 1 saturated carbocycles. The summed E-state index contributed by atoms with van der Waals surface area (Å²) < 4.78 is 1.95. The van der Waals surface area contributed by atoms with E-state index in [-0.39, 0.29) is 0 Å². The Morgan fingerprint density at radius 3 is 3.00 bits per heavy atom. The third-order valence-corrected chi connectivity index (χ3v) is 2.48. The zero-order valence-corrected chi connectivity index (χ0v) is 6.96. The fourth-order valence-corrected chi connectivity index (χ4v) is 1.49. The maximum atomic E-state index is 5.70. The Morgan fingerprint density at radius 1 is 1.64 bits per heavy atom. The summed E-state index contributed by atoms with van der Waals surface area (Å²) in [6.07, 6.45) is 5.51. The Labute approximate surface area is 70.3 Å². The quantitative estimate of drug-likeness (QED) is 0.635. The lowest BCUT2D eigenvalue weighted by Gasteiger charge is -2.26. The van der Waals surface area contributed by atoms with Gasteiger partial charge in [-0.3, -0.25) is 0 Å². The van der Waals surface area contributed by atoms with Gasteiger partial charge in [0.1, 0.15) is 0 Å². The predicted molar refractivity (Wildman–Crippen MR) is 42.5 cm³/mol. The van der Waals surface area contributed by atoms with E-state index in [9.17, 15) is 0 Å². The summed E-state index contributed by atoms with van der Waals surface area (Å²) in [5, 5.41) is 7.82. The molecule has 0 aliphatic heterocycles. The molecule has 1 aromatic rings. The lowest BCUT2D eigenvalue weighted by molar-refractivity contribution is 0.279. The van der Waals surface area contributed by atoms with Gasteiger partial charge in [0.15, 0.2) is 0 Å². The van der Waals surface area contributed by atoms with Gasteiger partial charge in [-0.15, -0.1) is 16.7 Å². The highest BCUT2D eigenvalue weighted by Crippen LogP contribution is 2.31. The first kappa shape index (κ1) is 7.10. The van der Waals surface area contributed by atoms with E-state index in [1.807, 2.05) is 4.68 Å². The van der Waals surface area contributed by atoms with E-state index in [1.165, 1.54) is 19.3 Å². The Hall–Kier alpha value is -0.570. The van der Waals surface area contributed by atoms with Crippen LogP contribution in [0.3, 0.4) is 0 Å². The minimum absolute atomic E-state index is 0.517. The SMILES string of the molecule is ClCc1cnnn1C1CCC1. The van der Waals surface area contributed by atoms with Crippen molar-refractivity contribution in [2.45, 2.75) is 31.2 Å². The molecule has 0 atom stereocenters. The van der Waals surface area contributed by atoms with Crippen LogP contribution in [-0.2, 0) is 5.88 Å². The van der Waals surface area contributed by atoms with Crippen LogP contribution in [0.4, 0.5) is 0 Å². The van der Waals surface area contributed by atoms with E-state index >= 15 is 0 Å². The minimum atomic E-state index is 0.517. The van der Waals surface area contributed by atoms with Crippen molar-refractivity contribution in [1.29, 1.82) is 0 Å². The Kier molecular flexibility index (Phi) is 1.82. The summed E-state index contributed by atoms with van der Waals surface area (Å²) >= 11 is 5.70. The molecule has 60 valence electrons. The van der Waals surface area contributed by atoms with Crippen molar-refractivity contribution in [1.82, 2.24) is 15.0 Å². The van der Waals surface area contributed by atoms with Crippen LogP contribution < -0.4 is 0 Å². The van der Waals surface area contributed by atoms with Crippen LogP contribution in [0.2, 0.25) is 0 Å². The Morgan fingerprint density at radius 2 is 2.45 bits per heavy atom. The first-order valence-corrected chi connectivity index (χ1v) is 4.40. The fraction of sp³-hybridized carbons (Fsp3) is 0.714. The monoisotopic (exact) mass is 171 g/mol. The van der Waals surface area contributed by atoms with Crippen molar-refractivity contribution < 1.29 is 0 Å². The second kappa shape index (κ2) is 2.81. The molecule has 0 N–H and O–H groups in total. The lowest BCUT2D eigenvalue weighted by Crippen LogP contribution is -2.19. The molecule has 1 fully saturated rings. The summed E-state index contributed by atoms with van der Waals surface area (Å²) in [4.78, 5) is 0. The molecule has 11 heavy (non-hydrogen) atoms. The highest BCUT2D eigenvalue weighted by Gasteiger charge is 2.21. The van der Waals surface area contributed by atoms with Crippen LogP contribution in [0.1, 0.15) is 31.0 Å². The number of hydrogen-bond acceptors (Lipinski definition) is 2. The number of alkyl halides is 1. The first-order valence-electron chi connectivity index (χ1n) is 3.87. The van der Waals surface area contributed by atoms with E-state index in [1.54, 1.807) is 6.20 Å². The second-order valence-electron chi connectivity index (χ2n) is 2.89. The maximum absolute atomic E-state index is 5.70. The number of aromatic nitrogens is 3. The summed E-state index contributed by atoms with van der Waals surface area (Å²) in [7, 11) is 0. The van der Waals surface area contributed by atoms with Gasteiger partial charge >= 0.3 is 0 Å². The maximum Gasteiger partial charge on any atom is 0.0738 e. The van der Waals surface area contributed by atoms with Crippen molar-refractivity contribution >= 4 is 11.6 Å². The molecule has 0 spiro atoms. The minimum Gasteiger partial charge on any atom is -0.245 e. The van der Waals surface area contributed by atoms with E-state index in [2.05, 4.69) is 10.3 Å². The van der Waals surface area contributed by atoms with Gasteiger partial charge in [0.2, 0.25) is 0 Å². The average molecular weight is 172 g/mol. The van der Waals surface area contributed by atoms with Gasteiger partial charge in [-0.1, -0.05) is 5.21 Å². The largest absolute Gasteiger partial charge is 0.245 e. The zero-order chi connectivity index (χ0) is 7.68. The van der Waals surface area contributed by atoms with Gasteiger partial charge in [0.25, 0.3) is 0 Å². The highest BCUT2D eigenvalue weighted by molar-refractivity contribution is 6.16. The van der Waals surface area contributed by atoms with Crippen LogP contribution in [0.25, 0.3) is 0 Å². The molecule has 0 aromatic carbocycles. The Balaban J connectivity index is 2.20. The third kappa shape index (κ3) is 1.13. The topological polar surface area (TPSA) is 30.7 Å². The fourth-order valence-electron chi connectivity index (χ4n) is 1.30. The Bertz CT molecular complexity index is 242. The predicted octanol–water partition coefficient (Wildman–Crippen LogP) is 1.74. The van der Waals surface area contributed by atoms with Gasteiger partial charge < -0.3 is 0 Å². The molecule has 0 amide bonds. The van der Waals surface area contributed by atoms with Gasteiger partial charge in [-0.25, -0.2) is 4.68 Å². The third-order valence-electron chi connectivity index (χ3n) is 2.21. The van der Waals surface area contributed by atoms with Gasteiger partial charge in [0, 0.05) is 0 Å².